The van der Waals surface area contributed by atoms with Crippen molar-refractivity contribution in [3.63, 3.8) is 0 Å². The SMILES string of the molecule is C[C@H]1C(=N)C(C#N)C[NH+]1C. The van der Waals surface area contributed by atoms with Gasteiger partial charge in [-0.3, -0.25) is 0 Å². The average Bonchev–Trinajstić information content (AvgIpc) is 2.17. The summed E-state index contributed by atoms with van der Waals surface area (Å²) in [6.07, 6.45) is 0. The molecule has 0 aromatic rings. The van der Waals surface area contributed by atoms with E-state index in [2.05, 4.69) is 6.07 Å². The summed E-state index contributed by atoms with van der Waals surface area (Å²) in [7, 11) is 2.02. The van der Waals surface area contributed by atoms with Crippen molar-refractivity contribution < 1.29 is 4.90 Å². The summed E-state index contributed by atoms with van der Waals surface area (Å²) in [5.74, 6) is -0.130. The molecule has 0 aromatic carbocycles. The lowest BCUT2D eigenvalue weighted by molar-refractivity contribution is -0.885. The molecule has 0 saturated carbocycles. The molecule has 1 saturated heterocycles. The summed E-state index contributed by atoms with van der Waals surface area (Å²) >= 11 is 0. The number of likely N-dealkylation sites (tertiary alicyclic amines) is 1. The van der Waals surface area contributed by atoms with Crippen molar-refractivity contribution in [3.05, 3.63) is 0 Å². The quantitative estimate of drug-likeness (QED) is 0.446. The molecule has 0 radical (unpaired) electrons. The molecule has 0 amide bonds. The lowest BCUT2D eigenvalue weighted by atomic mass is 10.1. The summed E-state index contributed by atoms with van der Waals surface area (Å²) in [6.45, 7) is 2.80. The Morgan fingerprint density at radius 2 is 2.40 bits per heavy atom. The highest BCUT2D eigenvalue weighted by Crippen LogP contribution is 2.02. The summed E-state index contributed by atoms with van der Waals surface area (Å²) in [4.78, 5) is 1.27. The van der Waals surface area contributed by atoms with E-state index in [1.54, 1.807) is 0 Å². The molecule has 10 heavy (non-hydrogen) atoms. The van der Waals surface area contributed by atoms with Crippen LogP contribution in [-0.2, 0) is 0 Å². The summed E-state index contributed by atoms with van der Waals surface area (Å²) in [6, 6.07) is 2.37. The fraction of sp³-hybridized carbons (Fsp3) is 0.714. The number of hydrogen-bond donors (Lipinski definition) is 2. The first-order valence-corrected chi connectivity index (χ1v) is 3.47. The Labute approximate surface area is 60.8 Å². The highest BCUT2D eigenvalue weighted by Gasteiger charge is 2.35. The zero-order chi connectivity index (χ0) is 7.72. The molecule has 1 fully saturated rings. The van der Waals surface area contributed by atoms with Gasteiger partial charge in [0.2, 0.25) is 0 Å². The van der Waals surface area contributed by atoms with E-state index in [0.29, 0.717) is 5.71 Å². The standard InChI is InChI=1S/C7H11N3/c1-5-7(9)6(3-8)4-10(5)2/h5-6,9H,4H2,1-2H3/p+1/t5-,6?/m0/s1. The average molecular weight is 138 g/mol. The van der Waals surface area contributed by atoms with Crippen LogP contribution in [-0.4, -0.2) is 25.3 Å². The van der Waals surface area contributed by atoms with Gasteiger partial charge in [0.15, 0.2) is 0 Å². The third-order valence-corrected chi connectivity index (χ3v) is 2.26. The fourth-order valence-electron chi connectivity index (χ4n) is 1.29. The van der Waals surface area contributed by atoms with Crippen LogP contribution in [0.15, 0.2) is 0 Å². The lowest BCUT2D eigenvalue weighted by Crippen LogP contribution is -3.10. The van der Waals surface area contributed by atoms with Gasteiger partial charge < -0.3 is 10.3 Å². The zero-order valence-corrected chi connectivity index (χ0v) is 6.31. The first-order valence-electron chi connectivity index (χ1n) is 3.47. The van der Waals surface area contributed by atoms with E-state index in [0.717, 1.165) is 6.54 Å². The number of nitriles is 1. The van der Waals surface area contributed by atoms with E-state index in [-0.39, 0.29) is 12.0 Å². The van der Waals surface area contributed by atoms with Crippen LogP contribution in [0.5, 0.6) is 0 Å². The van der Waals surface area contributed by atoms with Gasteiger partial charge in [0, 0.05) is 0 Å². The summed E-state index contributed by atoms with van der Waals surface area (Å²) < 4.78 is 0. The molecule has 54 valence electrons. The van der Waals surface area contributed by atoms with Gasteiger partial charge in [-0.15, -0.1) is 0 Å². The largest absolute Gasteiger partial charge is 0.329 e. The second-order valence-electron chi connectivity index (χ2n) is 2.91. The molecular formula is C7H12N3+. The van der Waals surface area contributed by atoms with Crippen molar-refractivity contribution in [2.75, 3.05) is 13.6 Å². The van der Waals surface area contributed by atoms with Gasteiger partial charge in [-0.05, 0) is 6.92 Å². The minimum absolute atomic E-state index is 0.130. The molecule has 1 aliphatic heterocycles. The van der Waals surface area contributed by atoms with E-state index in [1.165, 1.54) is 4.90 Å². The Morgan fingerprint density at radius 1 is 1.80 bits per heavy atom. The molecule has 0 aliphatic carbocycles. The minimum atomic E-state index is -0.130. The normalized spacial score (nSPS) is 39.7. The number of hydrogen-bond acceptors (Lipinski definition) is 2. The number of rotatable bonds is 0. The maximum Gasteiger partial charge on any atom is 0.138 e. The Balaban J connectivity index is 2.73. The van der Waals surface area contributed by atoms with Crippen molar-refractivity contribution in [3.8, 4) is 6.07 Å². The predicted octanol–water partition coefficient (Wildman–Crippen LogP) is -0.937. The first kappa shape index (κ1) is 7.23. The number of quaternary nitrogens is 1. The Kier molecular flexibility index (Phi) is 1.73. The second kappa shape index (κ2) is 2.39. The Hall–Kier alpha value is -0.880. The van der Waals surface area contributed by atoms with Crippen LogP contribution in [0.2, 0.25) is 0 Å². The molecule has 3 atom stereocenters. The van der Waals surface area contributed by atoms with Crippen LogP contribution < -0.4 is 4.90 Å². The minimum Gasteiger partial charge on any atom is -0.329 e. The van der Waals surface area contributed by atoms with Gasteiger partial charge in [-0.25, -0.2) is 0 Å². The fourth-order valence-corrected chi connectivity index (χ4v) is 1.29. The van der Waals surface area contributed by atoms with Crippen LogP contribution in [0.3, 0.4) is 0 Å². The third kappa shape index (κ3) is 0.910. The highest BCUT2D eigenvalue weighted by molar-refractivity contribution is 5.90. The van der Waals surface area contributed by atoms with Crippen molar-refractivity contribution >= 4 is 5.71 Å². The van der Waals surface area contributed by atoms with E-state index < -0.39 is 0 Å². The van der Waals surface area contributed by atoms with Crippen molar-refractivity contribution in [2.24, 2.45) is 5.92 Å². The van der Waals surface area contributed by atoms with E-state index in [4.69, 9.17) is 10.7 Å². The number of nitrogens with zero attached hydrogens (tertiary/aromatic N) is 1. The highest BCUT2D eigenvalue weighted by atomic mass is 15.2. The lowest BCUT2D eigenvalue weighted by Gasteiger charge is -2.08. The number of nitrogens with one attached hydrogen (secondary N) is 2. The molecular weight excluding hydrogens is 126 g/mol. The van der Waals surface area contributed by atoms with Gasteiger partial charge in [0.25, 0.3) is 0 Å². The van der Waals surface area contributed by atoms with Gasteiger partial charge in [0.05, 0.1) is 25.4 Å². The van der Waals surface area contributed by atoms with Crippen molar-refractivity contribution in [2.45, 2.75) is 13.0 Å². The molecule has 2 unspecified atom stereocenters. The molecule has 1 heterocycles. The summed E-state index contributed by atoms with van der Waals surface area (Å²) in [5, 5.41) is 16.1. The first-order chi connectivity index (χ1) is 4.66. The van der Waals surface area contributed by atoms with Crippen LogP contribution in [0.4, 0.5) is 0 Å². The van der Waals surface area contributed by atoms with E-state index in [1.807, 2.05) is 14.0 Å². The molecule has 0 aromatic heterocycles. The maximum absolute atomic E-state index is 8.57. The Morgan fingerprint density at radius 3 is 2.60 bits per heavy atom. The smallest absolute Gasteiger partial charge is 0.138 e. The van der Waals surface area contributed by atoms with Gasteiger partial charge in [-0.1, -0.05) is 0 Å². The molecule has 3 nitrogen and oxygen atoms in total. The monoisotopic (exact) mass is 138 g/mol. The topological polar surface area (TPSA) is 52.1 Å². The van der Waals surface area contributed by atoms with Crippen LogP contribution in [0.1, 0.15) is 6.92 Å². The van der Waals surface area contributed by atoms with E-state index in [9.17, 15) is 0 Å². The third-order valence-electron chi connectivity index (χ3n) is 2.26. The van der Waals surface area contributed by atoms with Crippen LogP contribution >= 0.6 is 0 Å². The molecule has 1 aliphatic rings. The van der Waals surface area contributed by atoms with E-state index >= 15 is 0 Å². The Bertz CT molecular complexity index is 192. The molecule has 0 bridgehead atoms. The maximum atomic E-state index is 8.57. The van der Waals surface area contributed by atoms with Crippen molar-refractivity contribution in [1.82, 2.24) is 0 Å². The second-order valence-corrected chi connectivity index (χ2v) is 2.91. The van der Waals surface area contributed by atoms with Gasteiger partial charge >= 0.3 is 0 Å². The van der Waals surface area contributed by atoms with Crippen LogP contribution in [0, 0.1) is 22.7 Å². The molecule has 3 heteroatoms. The molecule has 0 spiro atoms. The van der Waals surface area contributed by atoms with Gasteiger partial charge in [0.1, 0.15) is 12.0 Å². The van der Waals surface area contributed by atoms with Crippen LogP contribution in [0.25, 0.3) is 0 Å². The molecule has 2 N–H and O–H groups in total. The predicted molar refractivity (Wildman–Crippen MR) is 38.0 cm³/mol. The summed E-state index contributed by atoms with van der Waals surface area (Å²) in [5.41, 5.74) is 0.597. The van der Waals surface area contributed by atoms with Crippen molar-refractivity contribution in [1.29, 1.82) is 10.7 Å². The zero-order valence-electron chi connectivity index (χ0n) is 6.31. The van der Waals surface area contributed by atoms with Gasteiger partial charge in [-0.2, -0.15) is 5.26 Å². The molecule has 1 rings (SSSR count).